The van der Waals surface area contributed by atoms with E-state index < -0.39 is 10.9 Å². The van der Waals surface area contributed by atoms with Crippen LogP contribution >= 0.6 is 0 Å². The molecule has 7 heteroatoms. The first-order chi connectivity index (χ1) is 13.4. The molecule has 144 valence electrons. The monoisotopic (exact) mass is 379 g/mol. The van der Waals surface area contributed by atoms with Crippen molar-refractivity contribution in [3.8, 4) is 0 Å². The Hall–Kier alpha value is -3.48. The van der Waals surface area contributed by atoms with Gasteiger partial charge in [0.15, 0.2) is 5.70 Å². The lowest BCUT2D eigenvalue weighted by Gasteiger charge is -2.20. The molecule has 0 unspecified atom stereocenters. The van der Waals surface area contributed by atoms with Crippen LogP contribution in [0.4, 0.5) is 11.4 Å². The van der Waals surface area contributed by atoms with Gasteiger partial charge < -0.3 is 9.64 Å². The average molecular weight is 379 g/mol. The number of esters is 1. The molecule has 0 bridgehead atoms. The fourth-order valence-electron chi connectivity index (χ4n) is 3.00. The summed E-state index contributed by atoms with van der Waals surface area (Å²) in [6.45, 7) is 7.68. The molecule has 0 aliphatic carbocycles. The van der Waals surface area contributed by atoms with Crippen molar-refractivity contribution in [2.24, 2.45) is 4.99 Å². The van der Waals surface area contributed by atoms with Crippen molar-refractivity contribution in [2.75, 3.05) is 18.0 Å². The predicted octanol–water partition coefficient (Wildman–Crippen LogP) is 4.09. The fraction of sp³-hybridized carbons (Fsp3) is 0.238. The second-order valence-electron chi connectivity index (χ2n) is 6.36. The number of nitro groups is 1. The van der Waals surface area contributed by atoms with Crippen molar-refractivity contribution in [1.82, 2.24) is 0 Å². The SMILES string of the molecule is CCN(CC)c1ccc(/C=C2\N=C(c3ccc(C)c([N+](=O)[O-])c3)OC2=O)cc1. The highest BCUT2D eigenvalue weighted by Gasteiger charge is 2.25. The van der Waals surface area contributed by atoms with Crippen LogP contribution in [0.2, 0.25) is 0 Å². The molecule has 3 rings (SSSR count). The molecule has 0 aromatic heterocycles. The van der Waals surface area contributed by atoms with Gasteiger partial charge in [-0.3, -0.25) is 10.1 Å². The van der Waals surface area contributed by atoms with Gasteiger partial charge >= 0.3 is 5.97 Å². The predicted molar refractivity (Wildman–Crippen MR) is 108 cm³/mol. The Labute approximate surface area is 163 Å². The zero-order chi connectivity index (χ0) is 20.3. The molecule has 2 aromatic carbocycles. The first-order valence-corrected chi connectivity index (χ1v) is 9.06. The van der Waals surface area contributed by atoms with Crippen LogP contribution in [0.25, 0.3) is 6.08 Å². The summed E-state index contributed by atoms with van der Waals surface area (Å²) >= 11 is 0. The van der Waals surface area contributed by atoms with E-state index in [0.29, 0.717) is 11.1 Å². The van der Waals surface area contributed by atoms with Gasteiger partial charge in [-0.05, 0) is 50.6 Å². The van der Waals surface area contributed by atoms with Gasteiger partial charge in [0, 0.05) is 36.0 Å². The molecule has 1 aliphatic heterocycles. The van der Waals surface area contributed by atoms with Gasteiger partial charge in [-0.2, -0.15) is 0 Å². The quantitative estimate of drug-likeness (QED) is 0.327. The van der Waals surface area contributed by atoms with Crippen molar-refractivity contribution < 1.29 is 14.5 Å². The molecule has 1 aliphatic rings. The van der Waals surface area contributed by atoms with Crippen LogP contribution < -0.4 is 4.90 Å². The maximum absolute atomic E-state index is 12.2. The number of aryl methyl sites for hydroxylation is 1. The number of benzene rings is 2. The van der Waals surface area contributed by atoms with Crippen molar-refractivity contribution in [2.45, 2.75) is 20.8 Å². The van der Waals surface area contributed by atoms with E-state index in [9.17, 15) is 14.9 Å². The minimum atomic E-state index is -0.578. The molecule has 0 fully saturated rings. The number of carbonyl (C=O) groups excluding carboxylic acids is 1. The van der Waals surface area contributed by atoms with Gasteiger partial charge in [-0.15, -0.1) is 0 Å². The third-order valence-corrected chi connectivity index (χ3v) is 4.60. The van der Waals surface area contributed by atoms with Crippen LogP contribution in [0.5, 0.6) is 0 Å². The summed E-state index contributed by atoms with van der Waals surface area (Å²) in [6, 6.07) is 12.4. The molecule has 0 N–H and O–H groups in total. The highest BCUT2D eigenvalue weighted by molar-refractivity contribution is 6.13. The van der Waals surface area contributed by atoms with Gasteiger partial charge in [0.25, 0.3) is 5.69 Å². The maximum Gasteiger partial charge on any atom is 0.363 e. The highest BCUT2D eigenvalue weighted by Crippen LogP contribution is 2.24. The number of rotatable bonds is 6. The highest BCUT2D eigenvalue weighted by atomic mass is 16.6. The van der Waals surface area contributed by atoms with E-state index in [-0.39, 0.29) is 17.3 Å². The van der Waals surface area contributed by atoms with Gasteiger partial charge in [0.2, 0.25) is 5.90 Å². The number of nitrogens with zero attached hydrogens (tertiary/aromatic N) is 3. The second-order valence-corrected chi connectivity index (χ2v) is 6.36. The summed E-state index contributed by atoms with van der Waals surface area (Å²) in [4.78, 5) is 29.3. The standard InChI is InChI=1S/C21H21N3O4/c1-4-23(5-2)17-10-7-15(8-11-17)12-18-21(25)28-20(22-18)16-9-6-14(3)19(13-16)24(26)27/h6-13H,4-5H2,1-3H3/b18-12-. The molecule has 0 saturated carbocycles. The number of hydrogen-bond donors (Lipinski definition) is 0. The Kier molecular flexibility index (Phi) is 5.54. The summed E-state index contributed by atoms with van der Waals surface area (Å²) in [5.41, 5.74) is 2.98. The number of hydrogen-bond acceptors (Lipinski definition) is 6. The number of ether oxygens (including phenoxy) is 1. The van der Waals surface area contributed by atoms with Gasteiger partial charge in [0.1, 0.15) is 0 Å². The largest absolute Gasteiger partial charge is 0.402 e. The first-order valence-electron chi connectivity index (χ1n) is 9.06. The summed E-state index contributed by atoms with van der Waals surface area (Å²) in [5, 5.41) is 11.1. The average Bonchev–Trinajstić information content (AvgIpc) is 3.04. The Morgan fingerprint density at radius 1 is 1.14 bits per heavy atom. The Balaban J connectivity index is 1.88. The van der Waals surface area contributed by atoms with E-state index in [1.807, 2.05) is 24.3 Å². The maximum atomic E-state index is 12.2. The van der Waals surface area contributed by atoms with E-state index >= 15 is 0 Å². The normalized spacial score (nSPS) is 14.8. The summed E-state index contributed by atoms with van der Waals surface area (Å²) in [5.74, 6) is -0.509. The van der Waals surface area contributed by atoms with Crippen LogP contribution in [0.1, 0.15) is 30.5 Å². The van der Waals surface area contributed by atoms with Crippen LogP contribution in [0.3, 0.4) is 0 Å². The molecule has 0 amide bonds. The zero-order valence-corrected chi connectivity index (χ0v) is 16.0. The van der Waals surface area contributed by atoms with Gasteiger partial charge in [-0.25, -0.2) is 9.79 Å². The minimum Gasteiger partial charge on any atom is -0.402 e. The van der Waals surface area contributed by atoms with Crippen LogP contribution in [0, 0.1) is 17.0 Å². The number of cyclic esters (lactones) is 1. The van der Waals surface area contributed by atoms with Gasteiger partial charge in [0.05, 0.1) is 4.92 Å². The molecule has 1 heterocycles. The fourth-order valence-corrected chi connectivity index (χ4v) is 3.00. The second kappa shape index (κ2) is 8.04. The molecule has 0 spiro atoms. The molecule has 2 aromatic rings. The van der Waals surface area contributed by atoms with Crippen LogP contribution in [0.15, 0.2) is 53.2 Å². The molecule has 7 nitrogen and oxygen atoms in total. The molecule has 0 atom stereocenters. The van der Waals surface area contributed by atoms with Crippen molar-refractivity contribution in [1.29, 1.82) is 0 Å². The molecule has 0 radical (unpaired) electrons. The van der Waals surface area contributed by atoms with E-state index in [1.54, 1.807) is 25.1 Å². The summed E-state index contributed by atoms with van der Waals surface area (Å²) < 4.78 is 5.22. The minimum absolute atomic E-state index is 0.0410. The first kappa shape index (κ1) is 19.3. The van der Waals surface area contributed by atoms with Crippen molar-refractivity contribution >= 4 is 29.3 Å². The van der Waals surface area contributed by atoms with E-state index in [1.165, 1.54) is 6.07 Å². The molecular formula is C21H21N3O4. The smallest absolute Gasteiger partial charge is 0.363 e. The van der Waals surface area contributed by atoms with Crippen molar-refractivity contribution in [3.05, 3.63) is 75.0 Å². The number of aliphatic imine (C=N–C) groups is 1. The topological polar surface area (TPSA) is 85.0 Å². The van der Waals surface area contributed by atoms with Crippen LogP contribution in [-0.4, -0.2) is 29.9 Å². The van der Waals surface area contributed by atoms with E-state index in [0.717, 1.165) is 24.3 Å². The molecule has 0 saturated heterocycles. The Morgan fingerprint density at radius 3 is 2.43 bits per heavy atom. The number of anilines is 1. The molecule has 28 heavy (non-hydrogen) atoms. The Morgan fingerprint density at radius 2 is 1.82 bits per heavy atom. The van der Waals surface area contributed by atoms with E-state index in [4.69, 9.17) is 4.74 Å². The third-order valence-electron chi connectivity index (χ3n) is 4.60. The Bertz CT molecular complexity index is 974. The van der Waals surface area contributed by atoms with Crippen molar-refractivity contribution in [3.63, 3.8) is 0 Å². The number of nitro benzene ring substituents is 1. The lowest BCUT2D eigenvalue weighted by molar-refractivity contribution is -0.385. The zero-order valence-electron chi connectivity index (χ0n) is 16.0. The number of carbonyl (C=O) groups is 1. The third kappa shape index (κ3) is 3.93. The lowest BCUT2D eigenvalue weighted by atomic mass is 10.1. The molecular weight excluding hydrogens is 358 g/mol. The lowest BCUT2D eigenvalue weighted by Crippen LogP contribution is -2.21. The summed E-state index contributed by atoms with van der Waals surface area (Å²) in [7, 11) is 0. The summed E-state index contributed by atoms with van der Waals surface area (Å²) in [6.07, 6.45) is 1.64. The van der Waals surface area contributed by atoms with Gasteiger partial charge in [-0.1, -0.05) is 18.2 Å². The van der Waals surface area contributed by atoms with Crippen LogP contribution in [-0.2, 0) is 9.53 Å². The van der Waals surface area contributed by atoms with E-state index in [2.05, 4.69) is 23.7 Å².